The summed E-state index contributed by atoms with van der Waals surface area (Å²) in [7, 11) is 1.48. The van der Waals surface area contributed by atoms with Gasteiger partial charge in [-0.2, -0.15) is 4.98 Å². The van der Waals surface area contributed by atoms with Gasteiger partial charge in [0.25, 0.3) is 5.91 Å². The van der Waals surface area contributed by atoms with Gasteiger partial charge in [0, 0.05) is 18.8 Å². The Morgan fingerprint density at radius 3 is 2.61 bits per heavy atom. The summed E-state index contributed by atoms with van der Waals surface area (Å²) >= 11 is 0. The molecule has 0 spiro atoms. The van der Waals surface area contributed by atoms with Crippen LogP contribution in [0.5, 0.6) is 0 Å². The van der Waals surface area contributed by atoms with E-state index in [2.05, 4.69) is 15.6 Å². The van der Waals surface area contributed by atoms with E-state index in [1.807, 2.05) is 6.92 Å². The summed E-state index contributed by atoms with van der Waals surface area (Å²) in [6.07, 6.45) is -2.51. The number of carbonyl (C=O) groups is 2. The van der Waals surface area contributed by atoms with Gasteiger partial charge in [0.05, 0.1) is 6.10 Å². The molecule has 10 heteroatoms. The number of nitrogens with zero attached hydrogens (tertiary/aromatic N) is 2. The molecule has 3 N–H and O–H groups in total. The number of hydrogen-bond donors (Lipinski definition) is 3. The minimum atomic E-state index is -1.04. The van der Waals surface area contributed by atoms with Crippen LogP contribution in [0.15, 0.2) is 47.4 Å². The van der Waals surface area contributed by atoms with Crippen LogP contribution in [0.3, 0.4) is 0 Å². The van der Waals surface area contributed by atoms with Gasteiger partial charge < -0.3 is 25.2 Å². The molecular weight excluding hydrogens is 404 g/mol. The van der Waals surface area contributed by atoms with Crippen molar-refractivity contribution in [3.05, 3.63) is 58.6 Å². The first-order valence-corrected chi connectivity index (χ1v) is 10.0. The molecule has 166 valence electrons. The smallest absolute Gasteiger partial charge is 0.351 e. The normalized spacial score (nSPS) is 23.9. The maximum Gasteiger partial charge on any atom is 0.351 e. The van der Waals surface area contributed by atoms with Gasteiger partial charge in [0.15, 0.2) is 6.23 Å². The number of hydrogen-bond acceptors (Lipinski definition) is 7. The van der Waals surface area contributed by atoms with E-state index in [4.69, 9.17) is 9.47 Å². The lowest BCUT2D eigenvalue weighted by atomic mass is 10.1. The molecule has 1 aromatic carbocycles. The Hall–Kier alpha value is -3.08. The standard InChI is InChI=1S/C21H26N4O6/c1-4-14-16(26)17(30-12(2)18(27)22-3)20(31-14)25-11-10-15(24-21(25)29)23-19(28)13-8-6-5-7-9-13/h5-12,14,16-17,20,26H,4H2,1-3H3,(H,22,27)(H,23,24,28,29)/t12?,14-,16+,17?,20-/m1/s1. The molecule has 1 aliphatic rings. The Balaban J connectivity index is 1.81. The third-order valence-corrected chi connectivity index (χ3v) is 5.07. The number of rotatable bonds is 7. The second-order valence-electron chi connectivity index (χ2n) is 7.14. The van der Waals surface area contributed by atoms with Crippen molar-refractivity contribution in [1.29, 1.82) is 0 Å². The lowest BCUT2D eigenvalue weighted by molar-refractivity contribution is -0.144. The largest absolute Gasteiger partial charge is 0.388 e. The highest BCUT2D eigenvalue weighted by molar-refractivity contribution is 6.03. The number of nitrogens with one attached hydrogen (secondary N) is 2. The fourth-order valence-corrected chi connectivity index (χ4v) is 3.38. The number of anilines is 1. The summed E-state index contributed by atoms with van der Waals surface area (Å²) in [4.78, 5) is 40.7. The van der Waals surface area contributed by atoms with Gasteiger partial charge in [-0.1, -0.05) is 25.1 Å². The highest BCUT2D eigenvalue weighted by Crippen LogP contribution is 2.33. The number of likely N-dealkylation sites (N-methyl/N-ethyl adjacent to an activating group) is 1. The molecule has 1 fully saturated rings. The van der Waals surface area contributed by atoms with Crippen molar-refractivity contribution in [2.24, 2.45) is 0 Å². The van der Waals surface area contributed by atoms with E-state index in [-0.39, 0.29) is 11.7 Å². The minimum Gasteiger partial charge on any atom is -0.388 e. The molecule has 1 aliphatic heterocycles. The van der Waals surface area contributed by atoms with Crippen LogP contribution in [0, 0.1) is 0 Å². The Labute approximate surface area is 179 Å². The molecule has 5 atom stereocenters. The maximum absolute atomic E-state index is 12.7. The molecule has 10 nitrogen and oxygen atoms in total. The molecule has 1 saturated heterocycles. The topological polar surface area (TPSA) is 132 Å². The van der Waals surface area contributed by atoms with E-state index >= 15 is 0 Å². The third-order valence-electron chi connectivity index (χ3n) is 5.07. The number of amides is 2. The van der Waals surface area contributed by atoms with Crippen LogP contribution in [0.1, 0.15) is 36.9 Å². The van der Waals surface area contributed by atoms with E-state index in [9.17, 15) is 19.5 Å². The summed E-state index contributed by atoms with van der Waals surface area (Å²) in [5.74, 6) is -0.684. The van der Waals surface area contributed by atoms with Crippen molar-refractivity contribution in [1.82, 2.24) is 14.9 Å². The highest BCUT2D eigenvalue weighted by atomic mass is 16.6. The SMILES string of the molecule is CC[C@H]1O[C@@H](n2ccc(NC(=O)c3ccccc3)nc2=O)C(OC(C)C(=O)NC)[C@H]1O. The number of ether oxygens (including phenoxy) is 2. The molecule has 0 saturated carbocycles. The number of benzene rings is 1. The summed E-state index contributed by atoms with van der Waals surface area (Å²) in [5, 5.41) is 15.6. The summed E-state index contributed by atoms with van der Waals surface area (Å²) in [6.45, 7) is 3.38. The van der Waals surface area contributed by atoms with Gasteiger partial charge in [-0.25, -0.2) is 4.79 Å². The Morgan fingerprint density at radius 2 is 2.00 bits per heavy atom. The molecule has 1 aromatic heterocycles. The molecule has 2 amide bonds. The lowest BCUT2D eigenvalue weighted by Gasteiger charge is -2.25. The zero-order valence-electron chi connectivity index (χ0n) is 17.5. The van der Waals surface area contributed by atoms with Crippen LogP contribution in [0.4, 0.5) is 5.82 Å². The van der Waals surface area contributed by atoms with Crippen LogP contribution < -0.4 is 16.3 Å². The molecule has 0 bridgehead atoms. The van der Waals surface area contributed by atoms with Gasteiger partial charge in [-0.15, -0.1) is 0 Å². The first-order chi connectivity index (χ1) is 14.8. The van der Waals surface area contributed by atoms with Gasteiger partial charge in [-0.05, 0) is 31.5 Å². The first-order valence-electron chi connectivity index (χ1n) is 10.0. The van der Waals surface area contributed by atoms with Gasteiger partial charge >= 0.3 is 5.69 Å². The van der Waals surface area contributed by atoms with Crippen LogP contribution >= 0.6 is 0 Å². The van der Waals surface area contributed by atoms with E-state index < -0.39 is 42.2 Å². The Morgan fingerprint density at radius 1 is 1.29 bits per heavy atom. The minimum absolute atomic E-state index is 0.0805. The predicted octanol–water partition coefficient (Wildman–Crippen LogP) is 0.684. The number of aliphatic hydroxyl groups is 1. The van der Waals surface area contributed by atoms with Crippen molar-refractivity contribution in [2.75, 3.05) is 12.4 Å². The first kappa shape index (κ1) is 22.6. The molecule has 31 heavy (non-hydrogen) atoms. The summed E-state index contributed by atoms with van der Waals surface area (Å²) in [5.41, 5.74) is -0.265. The lowest BCUT2D eigenvalue weighted by Crippen LogP contribution is -2.43. The quantitative estimate of drug-likeness (QED) is 0.589. The molecule has 2 heterocycles. The van der Waals surface area contributed by atoms with Gasteiger partial charge in [0.2, 0.25) is 5.91 Å². The molecular formula is C21H26N4O6. The van der Waals surface area contributed by atoms with E-state index in [1.165, 1.54) is 23.9 Å². The van der Waals surface area contributed by atoms with Crippen molar-refractivity contribution in [3.63, 3.8) is 0 Å². The zero-order chi connectivity index (χ0) is 22.5. The maximum atomic E-state index is 12.7. The predicted molar refractivity (Wildman–Crippen MR) is 112 cm³/mol. The third kappa shape index (κ3) is 4.98. The number of aliphatic hydroxyl groups excluding tert-OH is 1. The van der Waals surface area contributed by atoms with Crippen molar-refractivity contribution < 1.29 is 24.2 Å². The van der Waals surface area contributed by atoms with E-state index in [1.54, 1.807) is 37.3 Å². The summed E-state index contributed by atoms with van der Waals surface area (Å²) < 4.78 is 12.8. The van der Waals surface area contributed by atoms with Crippen molar-refractivity contribution in [3.8, 4) is 0 Å². The average molecular weight is 430 g/mol. The molecule has 3 rings (SSSR count). The zero-order valence-corrected chi connectivity index (χ0v) is 17.5. The fraction of sp³-hybridized carbons (Fsp3) is 0.429. The van der Waals surface area contributed by atoms with Crippen molar-refractivity contribution in [2.45, 2.75) is 50.9 Å². The van der Waals surface area contributed by atoms with E-state index in [0.29, 0.717) is 12.0 Å². The average Bonchev–Trinajstić information content (AvgIpc) is 3.08. The van der Waals surface area contributed by atoms with Gasteiger partial charge in [-0.3, -0.25) is 14.2 Å². The van der Waals surface area contributed by atoms with Crippen molar-refractivity contribution >= 4 is 17.6 Å². The van der Waals surface area contributed by atoms with Crippen LogP contribution in [-0.2, 0) is 14.3 Å². The molecule has 0 aliphatic carbocycles. The van der Waals surface area contributed by atoms with Gasteiger partial charge in [0.1, 0.15) is 24.1 Å². The summed E-state index contributed by atoms with van der Waals surface area (Å²) in [6, 6.07) is 9.99. The Bertz CT molecular complexity index is 979. The molecule has 2 unspecified atom stereocenters. The highest BCUT2D eigenvalue weighted by Gasteiger charge is 2.46. The Kier molecular flexibility index (Phi) is 7.16. The van der Waals surface area contributed by atoms with Crippen LogP contribution in [-0.4, -0.2) is 57.9 Å². The number of aromatic nitrogens is 2. The monoisotopic (exact) mass is 430 g/mol. The second kappa shape index (κ2) is 9.82. The number of carbonyl (C=O) groups excluding carboxylic acids is 2. The van der Waals surface area contributed by atoms with E-state index in [0.717, 1.165) is 0 Å². The second-order valence-corrected chi connectivity index (χ2v) is 7.14. The molecule has 0 radical (unpaired) electrons. The van der Waals surface area contributed by atoms with Crippen LogP contribution in [0.25, 0.3) is 0 Å². The fourth-order valence-electron chi connectivity index (χ4n) is 3.38. The molecule has 2 aromatic rings. The van der Waals surface area contributed by atoms with Crippen LogP contribution in [0.2, 0.25) is 0 Å².